The maximum absolute atomic E-state index is 13.9. The van der Waals surface area contributed by atoms with Gasteiger partial charge in [-0.25, -0.2) is 8.78 Å². The van der Waals surface area contributed by atoms with Crippen LogP contribution in [0.25, 0.3) is 0 Å². The predicted octanol–water partition coefficient (Wildman–Crippen LogP) is 5.02. The number of hydrogen-bond donors (Lipinski definition) is 0. The average molecular weight is 312 g/mol. The van der Waals surface area contributed by atoms with E-state index in [4.69, 9.17) is 11.6 Å². The van der Waals surface area contributed by atoms with Crippen LogP contribution in [-0.4, -0.2) is 5.38 Å². The molecule has 1 unspecified atom stereocenters. The van der Waals surface area contributed by atoms with Crippen molar-refractivity contribution in [2.24, 2.45) is 0 Å². The van der Waals surface area contributed by atoms with Crippen LogP contribution in [0.4, 0.5) is 8.78 Å². The third-order valence-electron chi connectivity index (χ3n) is 2.51. The Morgan fingerprint density at radius 2 is 1.94 bits per heavy atom. The molecule has 0 aliphatic rings. The molecule has 1 rings (SSSR count). The largest absolute Gasteiger partial charge is 0.207 e. The Morgan fingerprint density at radius 1 is 1.38 bits per heavy atom. The zero-order valence-corrected chi connectivity index (χ0v) is 11.8. The Kier molecular flexibility index (Phi) is 4.35. The van der Waals surface area contributed by atoms with Gasteiger partial charge in [0, 0.05) is 10.9 Å². The maximum atomic E-state index is 13.9. The van der Waals surface area contributed by atoms with Gasteiger partial charge < -0.3 is 0 Å². The lowest BCUT2D eigenvalue weighted by Crippen LogP contribution is -2.24. The first-order valence-corrected chi connectivity index (χ1v) is 6.26. The summed E-state index contributed by atoms with van der Waals surface area (Å²) >= 11 is 8.96. The molecule has 1 aromatic carbocycles. The van der Waals surface area contributed by atoms with Crippen molar-refractivity contribution >= 4 is 27.5 Å². The fourth-order valence-corrected chi connectivity index (χ4v) is 2.67. The lowest BCUT2D eigenvalue weighted by molar-refractivity contribution is 0.417. The smallest absolute Gasteiger partial charge is 0.144 e. The van der Waals surface area contributed by atoms with Crippen molar-refractivity contribution in [3.05, 3.63) is 33.8 Å². The Bertz CT molecular complexity index is 389. The SMILES string of the molecule is CC(Cl)CC(C)(C)c1c(F)ccc(Br)c1F. The molecule has 0 aliphatic heterocycles. The summed E-state index contributed by atoms with van der Waals surface area (Å²) in [4.78, 5) is 0. The van der Waals surface area contributed by atoms with Crippen LogP contribution in [-0.2, 0) is 5.41 Å². The van der Waals surface area contributed by atoms with Gasteiger partial charge in [0.15, 0.2) is 0 Å². The fourth-order valence-electron chi connectivity index (χ4n) is 1.95. The molecular formula is C12H14BrClF2. The highest BCUT2D eigenvalue weighted by molar-refractivity contribution is 9.10. The van der Waals surface area contributed by atoms with E-state index in [2.05, 4.69) is 15.9 Å². The van der Waals surface area contributed by atoms with E-state index >= 15 is 0 Å². The molecule has 0 aliphatic carbocycles. The summed E-state index contributed by atoms with van der Waals surface area (Å²) < 4.78 is 27.8. The van der Waals surface area contributed by atoms with E-state index in [1.807, 2.05) is 6.92 Å². The summed E-state index contributed by atoms with van der Waals surface area (Å²) in [6, 6.07) is 2.64. The molecule has 90 valence electrons. The monoisotopic (exact) mass is 310 g/mol. The van der Waals surface area contributed by atoms with E-state index in [9.17, 15) is 8.78 Å². The van der Waals surface area contributed by atoms with Crippen LogP contribution in [0.15, 0.2) is 16.6 Å². The van der Waals surface area contributed by atoms with Crippen LogP contribution in [0, 0.1) is 11.6 Å². The van der Waals surface area contributed by atoms with Gasteiger partial charge in [0.2, 0.25) is 0 Å². The Balaban J connectivity index is 3.26. The zero-order valence-electron chi connectivity index (χ0n) is 9.45. The van der Waals surface area contributed by atoms with E-state index in [-0.39, 0.29) is 15.4 Å². The van der Waals surface area contributed by atoms with Gasteiger partial charge in [0.1, 0.15) is 11.6 Å². The minimum atomic E-state index is -0.626. The van der Waals surface area contributed by atoms with E-state index < -0.39 is 17.0 Å². The van der Waals surface area contributed by atoms with Gasteiger partial charge in [0.05, 0.1) is 4.47 Å². The van der Waals surface area contributed by atoms with Crippen molar-refractivity contribution in [2.75, 3.05) is 0 Å². The minimum Gasteiger partial charge on any atom is -0.207 e. The van der Waals surface area contributed by atoms with E-state index in [0.717, 1.165) is 0 Å². The molecule has 0 radical (unpaired) electrons. The number of hydrogen-bond acceptors (Lipinski definition) is 0. The van der Waals surface area contributed by atoms with Crippen LogP contribution in [0.1, 0.15) is 32.8 Å². The number of benzene rings is 1. The second-order valence-corrected chi connectivity index (χ2v) is 6.19. The first kappa shape index (κ1) is 13.9. The first-order chi connectivity index (χ1) is 7.25. The van der Waals surface area contributed by atoms with Crippen molar-refractivity contribution in [3.63, 3.8) is 0 Å². The quantitative estimate of drug-likeness (QED) is 0.543. The fraction of sp³-hybridized carbons (Fsp3) is 0.500. The second kappa shape index (κ2) is 5.01. The Morgan fingerprint density at radius 3 is 2.44 bits per heavy atom. The topological polar surface area (TPSA) is 0 Å². The third-order valence-corrected chi connectivity index (χ3v) is 3.28. The molecule has 16 heavy (non-hydrogen) atoms. The third kappa shape index (κ3) is 2.95. The van der Waals surface area contributed by atoms with Gasteiger partial charge in [0.25, 0.3) is 0 Å². The molecule has 4 heteroatoms. The second-order valence-electron chi connectivity index (χ2n) is 4.59. The number of rotatable bonds is 3. The molecule has 0 aromatic heterocycles. The summed E-state index contributed by atoms with van der Waals surface area (Å²) in [5.74, 6) is -1.06. The normalized spacial score (nSPS) is 13.9. The van der Waals surface area contributed by atoms with Crippen LogP contribution < -0.4 is 0 Å². The molecule has 0 bridgehead atoms. The maximum Gasteiger partial charge on any atom is 0.144 e. The van der Waals surface area contributed by atoms with Gasteiger partial charge in [-0.15, -0.1) is 11.6 Å². The summed E-state index contributed by atoms with van der Waals surface area (Å²) in [5.41, 5.74) is -0.534. The molecule has 0 amide bonds. The predicted molar refractivity (Wildman–Crippen MR) is 67.0 cm³/mol. The summed E-state index contributed by atoms with van der Waals surface area (Å²) in [5, 5.41) is -0.132. The van der Waals surface area contributed by atoms with E-state index in [1.165, 1.54) is 12.1 Å². The van der Waals surface area contributed by atoms with Crippen LogP contribution in [0.3, 0.4) is 0 Å². The highest BCUT2D eigenvalue weighted by Crippen LogP contribution is 2.36. The summed E-state index contributed by atoms with van der Waals surface area (Å²) in [6.07, 6.45) is 0.513. The molecule has 1 atom stereocenters. The lowest BCUT2D eigenvalue weighted by atomic mass is 9.80. The molecule has 0 saturated carbocycles. The first-order valence-electron chi connectivity index (χ1n) is 5.04. The average Bonchev–Trinajstić information content (AvgIpc) is 2.09. The summed E-state index contributed by atoms with van der Waals surface area (Å²) in [7, 11) is 0. The molecule has 1 aromatic rings. The molecule has 0 spiro atoms. The standard InChI is InChI=1S/C12H14BrClF2/c1-7(14)6-12(2,3)10-9(15)5-4-8(13)11(10)16/h4-5,7H,6H2,1-3H3. The highest BCUT2D eigenvalue weighted by Gasteiger charge is 2.30. The van der Waals surface area contributed by atoms with Crippen molar-refractivity contribution in [1.29, 1.82) is 0 Å². The molecule has 0 heterocycles. The molecule has 0 saturated heterocycles. The van der Waals surface area contributed by atoms with Crippen LogP contribution >= 0.6 is 27.5 Å². The van der Waals surface area contributed by atoms with Gasteiger partial charge in [-0.1, -0.05) is 13.8 Å². The molecular weight excluding hydrogens is 297 g/mol. The molecule has 0 nitrogen and oxygen atoms in total. The van der Waals surface area contributed by atoms with Crippen molar-refractivity contribution in [2.45, 2.75) is 38.0 Å². The van der Waals surface area contributed by atoms with E-state index in [0.29, 0.717) is 6.42 Å². The summed E-state index contributed by atoms with van der Waals surface area (Å²) in [6.45, 7) is 5.40. The molecule has 0 N–H and O–H groups in total. The van der Waals surface area contributed by atoms with Gasteiger partial charge in [-0.05, 0) is 46.8 Å². The highest BCUT2D eigenvalue weighted by atomic mass is 79.9. The van der Waals surface area contributed by atoms with Crippen LogP contribution in [0.2, 0.25) is 0 Å². The lowest BCUT2D eigenvalue weighted by Gasteiger charge is -2.27. The van der Waals surface area contributed by atoms with E-state index in [1.54, 1.807) is 13.8 Å². The zero-order chi connectivity index (χ0) is 12.5. The molecule has 0 fully saturated rings. The van der Waals surface area contributed by atoms with Gasteiger partial charge in [-0.2, -0.15) is 0 Å². The van der Waals surface area contributed by atoms with Gasteiger partial charge >= 0.3 is 0 Å². The number of alkyl halides is 1. The van der Waals surface area contributed by atoms with Gasteiger partial charge in [-0.3, -0.25) is 0 Å². The van der Waals surface area contributed by atoms with Crippen LogP contribution in [0.5, 0.6) is 0 Å². The minimum absolute atomic E-state index is 0.0920. The van der Waals surface area contributed by atoms with Crippen molar-refractivity contribution < 1.29 is 8.78 Å². The Labute approximate surface area is 108 Å². The van der Waals surface area contributed by atoms with Crippen molar-refractivity contribution in [1.82, 2.24) is 0 Å². The number of halogens is 4. The van der Waals surface area contributed by atoms with Crippen molar-refractivity contribution in [3.8, 4) is 0 Å². The Hall–Kier alpha value is -0.150.